The molecule has 0 saturated heterocycles. The topological polar surface area (TPSA) is 60.9 Å². The number of nitrogens with two attached hydrogens (primary N) is 1. The van der Waals surface area contributed by atoms with Gasteiger partial charge in [0, 0.05) is 18.7 Å². The molecule has 88 valence electrons. The van der Waals surface area contributed by atoms with E-state index in [9.17, 15) is 4.79 Å². The van der Waals surface area contributed by atoms with Crippen LogP contribution in [0.4, 0.5) is 0 Å². The van der Waals surface area contributed by atoms with Crippen LogP contribution >= 0.6 is 0 Å². The lowest BCUT2D eigenvalue weighted by Gasteiger charge is -2.15. The summed E-state index contributed by atoms with van der Waals surface area (Å²) < 4.78 is 1.54. The van der Waals surface area contributed by atoms with Crippen LogP contribution in [0.5, 0.6) is 0 Å². The number of hydrogen-bond acceptors (Lipinski definition) is 3. The maximum Gasteiger partial charge on any atom is 0.266 e. The fourth-order valence-corrected chi connectivity index (χ4v) is 2.40. The number of aryl methyl sites for hydroxylation is 2. The smallest absolute Gasteiger partial charge is 0.266 e. The van der Waals surface area contributed by atoms with Crippen molar-refractivity contribution in [3.8, 4) is 0 Å². The van der Waals surface area contributed by atoms with Crippen molar-refractivity contribution < 1.29 is 0 Å². The van der Waals surface area contributed by atoms with Crippen LogP contribution in [-0.4, -0.2) is 15.8 Å². The van der Waals surface area contributed by atoms with Gasteiger partial charge in [-0.2, -0.15) is 5.10 Å². The molecule has 2 atom stereocenters. The van der Waals surface area contributed by atoms with Crippen LogP contribution < -0.4 is 11.3 Å². The Kier molecular flexibility index (Phi) is 3.39. The highest BCUT2D eigenvalue weighted by Gasteiger charge is 2.23. The van der Waals surface area contributed by atoms with Crippen LogP contribution in [-0.2, 0) is 6.54 Å². The van der Waals surface area contributed by atoms with E-state index < -0.39 is 0 Å². The molecule has 16 heavy (non-hydrogen) atoms. The summed E-state index contributed by atoms with van der Waals surface area (Å²) in [6.07, 6.45) is 6.25. The molecule has 0 bridgehead atoms. The van der Waals surface area contributed by atoms with Crippen LogP contribution in [0.15, 0.2) is 17.1 Å². The van der Waals surface area contributed by atoms with E-state index in [1.807, 2.05) is 6.92 Å². The van der Waals surface area contributed by atoms with Crippen molar-refractivity contribution >= 4 is 0 Å². The highest BCUT2D eigenvalue weighted by atomic mass is 16.1. The number of rotatable bonds is 3. The van der Waals surface area contributed by atoms with Crippen molar-refractivity contribution in [3.63, 3.8) is 0 Å². The van der Waals surface area contributed by atoms with Crippen LogP contribution in [0.1, 0.15) is 31.2 Å². The monoisotopic (exact) mass is 221 g/mol. The average molecular weight is 221 g/mol. The van der Waals surface area contributed by atoms with Gasteiger partial charge in [0.15, 0.2) is 0 Å². The number of aromatic nitrogens is 2. The Balaban J connectivity index is 1.97. The highest BCUT2D eigenvalue weighted by molar-refractivity contribution is 5.02. The summed E-state index contributed by atoms with van der Waals surface area (Å²) in [6, 6.07) is 1.95. The zero-order valence-electron chi connectivity index (χ0n) is 9.72. The fourth-order valence-electron chi connectivity index (χ4n) is 2.40. The van der Waals surface area contributed by atoms with Gasteiger partial charge in [-0.25, -0.2) is 4.68 Å². The van der Waals surface area contributed by atoms with Gasteiger partial charge in [-0.1, -0.05) is 6.42 Å². The molecule has 1 aliphatic rings. The largest absolute Gasteiger partial charge is 0.327 e. The molecular weight excluding hydrogens is 202 g/mol. The lowest BCUT2D eigenvalue weighted by molar-refractivity contribution is 0.395. The summed E-state index contributed by atoms with van der Waals surface area (Å²) in [5.74, 6) is 0.565. The second-order valence-corrected chi connectivity index (χ2v) is 4.74. The summed E-state index contributed by atoms with van der Waals surface area (Å²) >= 11 is 0. The molecule has 1 saturated carbocycles. The van der Waals surface area contributed by atoms with Gasteiger partial charge in [-0.3, -0.25) is 4.79 Å². The van der Waals surface area contributed by atoms with E-state index in [0.29, 0.717) is 18.5 Å². The molecule has 0 aromatic carbocycles. The van der Waals surface area contributed by atoms with Crippen LogP contribution in [0.3, 0.4) is 0 Å². The lowest BCUT2D eigenvalue weighted by Crippen LogP contribution is -2.28. The summed E-state index contributed by atoms with van der Waals surface area (Å²) in [6.45, 7) is 2.57. The summed E-state index contributed by atoms with van der Waals surface area (Å²) in [5, 5.41) is 4.13. The lowest BCUT2D eigenvalue weighted by atomic mass is 10.0. The van der Waals surface area contributed by atoms with E-state index in [1.54, 1.807) is 12.3 Å². The van der Waals surface area contributed by atoms with Crippen LogP contribution in [0.2, 0.25) is 0 Å². The Morgan fingerprint density at radius 1 is 1.56 bits per heavy atom. The van der Waals surface area contributed by atoms with Gasteiger partial charge in [0.05, 0.1) is 6.20 Å². The molecule has 2 rings (SSSR count). The van der Waals surface area contributed by atoms with Gasteiger partial charge in [0.25, 0.3) is 5.56 Å². The van der Waals surface area contributed by atoms with Gasteiger partial charge >= 0.3 is 0 Å². The Labute approximate surface area is 95.5 Å². The molecule has 1 heterocycles. The first-order chi connectivity index (χ1) is 7.66. The SMILES string of the molecule is Cc1cnn(CCC2CCCC2N)c(=O)c1. The van der Waals surface area contributed by atoms with Crippen molar-refractivity contribution in [2.75, 3.05) is 0 Å². The van der Waals surface area contributed by atoms with Crippen LogP contribution in [0.25, 0.3) is 0 Å². The van der Waals surface area contributed by atoms with Crippen molar-refractivity contribution in [1.29, 1.82) is 0 Å². The molecular formula is C12H19N3O. The minimum atomic E-state index is -0.00781. The van der Waals surface area contributed by atoms with Crippen molar-refractivity contribution in [3.05, 3.63) is 28.2 Å². The van der Waals surface area contributed by atoms with E-state index in [2.05, 4.69) is 5.10 Å². The zero-order chi connectivity index (χ0) is 11.5. The predicted octanol–water partition coefficient (Wildman–Crippen LogP) is 1.07. The van der Waals surface area contributed by atoms with Gasteiger partial charge < -0.3 is 5.73 Å². The third kappa shape index (κ3) is 2.50. The van der Waals surface area contributed by atoms with Gasteiger partial charge in [0.1, 0.15) is 0 Å². The van der Waals surface area contributed by atoms with E-state index in [1.165, 1.54) is 17.5 Å². The first-order valence-electron chi connectivity index (χ1n) is 5.96. The van der Waals surface area contributed by atoms with E-state index in [-0.39, 0.29) is 5.56 Å². The molecule has 0 radical (unpaired) electrons. The molecule has 0 aliphatic heterocycles. The zero-order valence-corrected chi connectivity index (χ0v) is 9.72. The molecule has 1 fully saturated rings. The second-order valence-electron chi connectivity index (χ2n) is 4.74. The Hall–Kier alpha value is -1.16. The first kappa shape index (κ1) is 11.3. The molecule has 1 aliphatic carbocycles. The third-order valence-corrected chi connectivity index (χ3v) is 3.44. The minimum Gasteiger partial charge on any atom is -0.327 e. The molecule has 0 spiro atoms. The molecule has 1 aromatic rings. The number of hydrogen-bond donors (Lipinski definition) is 1. The van der Waals surface area contributed by atoms with Crippen molar-refractivity contribution in [2.45, 2.75) is 45.2 Å². The van der Waals surface area contributed by atoms with Crippen molar-refractivity contribution in [2.24, 2.45) is 11.7 Å². The fraction of sp³-hybridized carbons (Fsp3) is 0.667. The van der Waals surface area contributed by atoms with Crippen LogP contribution in [0, 0.1) is 12.8 Å². The standard InChI is InChI=1S/C12H19N3O/c1-9-7-12(16)15(14-8-9)6-5-10-3-2-4-11(10)13/h7-8,10-11H,2-6,13H2,1H3. The second kappa shape index (κ2) is 4.78. The maximum atomic E-state index is 11.6. The van der Waals surface area contributed by atoms with E-state index in [4.69, 9.17) is 5.73 Å². The maximum absolute atomic E-state index is 11.6. The molecule has 1 aromatic heterocycles. The third-order valence-electron chi connectivity index (χ3n) is 3.44. The summed E-state index contributed by atoms with van der Waals surface area (Å²) in [4.78, 5) is 11.6. The normalized spacial score (nSPS) is 24.9. The molecule has 4 nitrogen and oxygen atoms in total. The predicted molar refractivity (Wildman–Crippen MR) is 63.2 cm³/mol. The number of nitrogens with zero attached hydrogens (tertiary/aromatic N) is 2. The quantitative estimate of drug-likeness (QED) is 0.830. The van der Waals surface area contributed by atoms with E-state index >= 15 is 0 Å². The Bertz CT molecular complexity index is 413. The molecule has 2 unspecified atom stereocenters. The highest BCUT2D eigenvalue weighted by Crippen LogP contribution is 2.26. The molecule has 4 heteroatoms. The summed E-state index contributed by atoms with van der Waals surface area (Å²) in [7, 11) is 0. The first-order valence-corrected chi connectivity index (χ1v) is 5.96. The van der Waals surface area contributed by atoms with Gasteiger partial charge in [0.2, 0.25) is 0 Å². The van der Waals surface area contributed by atoms with Gasteiger partial charge in [-0.05, 0) is 37.7 Å². The Morgan fingerprint density at radius 3 is 3.00 bits per heavy atom. The molecule has 2 N–H and O–H groups in total. The van der Waals surface area contributed by atoms with Gasteiger partial charge in [-0.15, -0.1) is 0 Å². The Morgan fingerprint density at radius 2 is 2.38 bits per heavy atom. The van der Waals surface area contributed by atoms with E-state index in [0.717, 1.165) is 18.4 Å². The molecule has 0 amide bonds. The van der Waals surface area contributed by atoms with Crippen molar-refractivity contribution in [1.82, 2.24) is 9.78 Å². The minimum absolute atomic E-state index is 0.00781. The average Bonchev–Trinajstić information content (AvgIpc) is 2.63. The summed E-state index contributed by atoms with van der Waals surface area (Å²) in [5.41, 5.74) is 6.91.